The molecule has 0 amide bonds. The van der Waals surface area contributed by atoms with Crippen LogP contribution in [0.1, 0.15) is 30.6 Å². The fourth-order valence-corrected chi connectivity index (χ4v) is 2.58. The van der Waals surface area contributed by atoms with E-state index in [-0.39, 0.29) is 6.04 Å². The first-order valence-electron chi connectivity index (χ1n) is 6.59. The molecule has 0 radical (unpaired) electrons. The van der Waals surface area contributed by atoms with Crippen LogP contribution in [-0.4, -0.2) is 30.0 Å². The molecule has 5 heteroatoms. The maximum absolute atomic E-state index is 5.89. The van der Waals surface area contributed by atoms with Crippen LogP contribution in [-0.2, 0) is 7.05 Å². The maximum Gasteiger partial charge on any atom is 0.216 e. The molecule has 1 fully saturated rings. The van der Waals surface area contributed by atoms with Gasteiger partial charge in [-0.15, -0.1) is 0 Å². The molecule has 1 aliphatic carbocycles. The third kappa shape index (κ3) is 2.52. The molecule has 18 heavy (non-hydrogen) atoms. The van der Waals surface area contributed by atoms with Gasteiger partial charge in [-0.2, -0.15) is 5.10 Å². The van der Waals surface area contributed by atoms with Crippen LogP contribution in [0.4, 0.5) is 0 Å². The van der Waals surface area contributed by atoms with E-state index in [0.717, 1.165) is 35.5 Å². The second-order valence-corrected chi connectivity index (χ2v) is 5.30. The summed E-state index contributed by atoms with van der Waals surface area (Å²) in [7, 11) is 3.57. The molecule has 1 aliphatic rings. The Morgan fingerprint density at radius 3 is 2.78 bits per heavy atom. The number of aromatic nitrogens is 2. The number of nitrogens with one attached hydrogen (secondary N) is 1. The predicted molar refractivity (Wildman–Crippen MR) is 71.6 cm³/mol. The number of hydrogen-bond acceptors (Lipinski definition) is 4. The molecule has 3 N–H and O–H groups in total. The molecule has 1 aromatic rings. The van der Waals surface area contributed by atoms with Crippen LogP contribution in [0.5, 0.6) is 5.88 Å². The van der Waals surface area contributed by atoms with Gasteiger partial charge in [-0.25, -0.2) is 4.68 Å². The van der Waals surface area contributed by atoms with Crippen molar-refractivity contribution in [1.29, 1.82) is 0 Å². The average molecular weight is 252 g/mol. The van der Waals surface area contributed by atoms with Gasteiger partial charge in [0.2, 0.25) is 5.88 Å². The second-order valence-electron chi connectivity index (χ2n) is 5.30. The summed E-state index contributed by atoms with van der Waals surface area (Å²) in [5, 5.41) is 7.95. The topological polar surface area (TPSA) is 65.1 Å². The van der Waals surface area contributed by atoms with Crippen molar-refractivity contribution in [3.8, 4) is 5.88 Å². The Kier molecular flexibility index (Phi) is 3.92. The Morgan fingerprint density at radius 1 is 1.61 bits per heavy atom. The lowest BCUT2D eigenvalue weighted by Crippen LogP contribution is -2.30. The summed E-state index contributed by atoms with van der Waals surface area (Å²) in [6, 6.07) is 0.126. The minimum absolute atomic E-state index is 0.126. The number of nitrogens with zero attached hydrogens (tertiary/aromatic N) is 2. The van der Waals surface area contributed by atoms with Crippen molar-refractivity contribution in [3.63, 3.8) is 0 Å². The molecule has 0 spiro atoms. The first-order valence-corrected chi connectivity index (χ1v) is 6.59. The maximum atomic E-state index is 5.89. The SMILES string of the molecule is COc1c(C(CN)NCC2CC2C)c(C)nn1C. The van der Waals surface area contributed by atoms with Crippen molar-refractivity contribution in [2.45, 2.75) is 26.3 Å². The van der Waals surface area contributed by atoms with Gasteiger partial charge in [-0.1, -0.05) is 6.92 Å². The quantitative estimate of drug-likeness (QED) is 0.792. The van der Waals surface area contributed by atoms with Gasteiger partial charge in [-0.05, 0) is 31.7 Å². The molecule has 0 bridgehead atoms. The van der Waals surface area contributed by atoms with Gasteiger partial charge < -0.3 is 15.8 Å². The van der Waals surface area contributed by atoms with E-state index in [1.54, 1.807) is 11.8 Å². The first-order chi connectivity index (χ1) is 8.58. The lowest BCUT2D eigenvalue weighted by Gasteiger charge is -2.18. The normalized spacial score (nSPS) is 24.1. The van der Waals surface area contributed by atoms with Crippen LogP contribution < -0.4 is 15.8 Å². The molecule has 0 aromatic carbocycles. The summed E-state index contributed by atoms with van der Waals surface area (Å²) < 4.78 is 7.20. The zero-order valence-electron chi connectivity index (χ0n) is 11.7. The molecular weight excluding hydrogens is 228 g/mol. The Labute approximate surface area is 109 Å². The monoisotopic (exact) mass is 252 g/mol. The molecule has 1 saturated carbocycles. The number of ether oxygens (including phenoxy) is 1. The molecule has 3 atom stereocenters. The van der Waals surface area contributed by atoms with Gasteiger partial charge in [-0.3, -0.25) is 0 Å². The van der Waals surface area contributed by atoms with Crippen molar-refractivity contribution in [2.75, 3.05) is 20.2 Å². The average Bonchev–Trinajstić information content (AvgIpc) is 2.96. The summed E-state index contributed by atoms with van der Waals surface area (Å²) in [5.41, 5.74) is 7.97. The van der Waals surface area contributed by atoms with E-state index in [9.17, 15) is 0 Å². The van der Waals surface area contributed by atoms with Crippen LogP contribution in [0.2, 0.25) is 0 Å². The van der Waals surface area contributed by atoms with Gasteiger partial charge in [0.05, 0.1) is 24.4 Å². The highest BCUT2D eigenvalue weighted by Gasteiger charge is 2.33. The Bertz CT molecular complexity index is 415. The highest BCUT2D eigenvalue weighted by molar-refractivity contribution is 5.34. The Balaban J connectivity index is 2.10. The number of rotatable bonds is 6. The molecular formula is C13H24N4O. The van der Waals surface area contributed by atoms with Crippen molar-refractivity contribution < 1.29 is 4.74 Å². The van der Waals surface area contributed by atoms with Crippen molar-refractivity contribution in [1.82, 2.24) is 15.1 Å². The predicted octanol–water partition coefficient (Wildman–Crippen LogP) is 0.983. The zero-order valence-corrected chi connectivity index (χ0v) is 11.7. The van der Waals surface area contributed by atoms with Crippen LogP contribution >= 0.6 is 0 Å². The van der Waals surface area contributed by atoms with Crippen LogP contribution in [0.3, 0.4) is 0 Å². The molecule has 1 aromatic heterocycles. The van der Waals surface area contributed by atoms with Gasteiger partial charge >= 0.3 is 0 Å². The minimum Gasteiger partial charge on any atom is -0.481 e. The fraction of sp³-hybridized carbons (Fsp3) is 0.769. The molecule has 5 nitrogen and oxygen atoms in total. The number of nitrogens with two attached hydrogens (primary N) is 1. The third-order valence-electron chi connectivity index (χ3n) is 3.89. The number of methoxy groups -OCH3 is 1. The van der Waals surface area contributed by atoms with E-state index in [4.69, 9.17) is 10.5 Å². The summed E-state index contributed by atoms with van der Waals surface area (Å²) in [6.45, 7) is 5.88. The van der Waals surface area contributed by atoms with Crippen LogP contribution in [0.25, 0.3) is 0 Å². The van der Waals surface area contributed by atoms with E-state index < -0.39 is 0 Å². The highest BCUT2D eigenvalue weighted by Crippen LogP contribution is 2.37. The molecule has 2 rings (SSSR count). The van der Waals surface area contributed by atoms with E-state index in [1.165, 1.54) is 6.42 Å². The van der Waals surface area contributed by atoms with Gasteiger partial charge in [0.1, 0.15) is 0 Å². The van der Waals surface area contributed by atoms with E-state index in [1.807, 2.05) is 14.0 Å². The zero-order chi connectivity index (χ0) is 13.3. The van der Waals surface area contributed by atoms with E-state index in [2.05, 4.69) is 17.3 Å². The van der Waals surface area contributed by atoms with E-state index >= 15 is 0 Å². The molecule has 0 saturated heterocycles. The summed E-state index contributed by atoms with van der Waals surface area (Å²) in [6.07, 6.45) is 1.33. The standard InChI is InChI=1S/C13H24N4O/c1-8-5-10(8)7-15-11(6-14)12-9(2)16-17(3)13(12)18-4/h8,10-11,15H,5-7,14H2,1-4H3. The fourth-order valence-electron chi connectivity index (χ4n) is 2.58. The summed E-state index contributed by atoms with van der Waals surface area (Å²) in [5.74, 6) is 2.47. The van der Waals surface area contributed by atoms with Crippen LogP contribution in [0.15, 0.2) is 0 Å². The number of aryl methyl sites for hydroxylation is 2. The van der Waals surface area contributed by atoms with Gasteiger partial charge in [0.15, 0.2) is 0 Å². The van der Waals surface area contributed by atoms with Gasteiger partial charge in [0.25, 0.3) is 0 Å². The largest absolute Gasteiger partial charge is 0.481 e. The molecule has 1 heterocycles. The van der Waals surface area contributed by atoms with Gasteiger partial charge in [0, 0.05) is 13.6 Å². The smallest absolute Gasteiger partial charge is 0.216 e. The minimum atomic E-state index is 0.126. The van der Waals surface area contributed by atoms with Crippen molar-refractivity contribution >= 4 is 0 Å². The Hall–Kier alpha value is -1.07. The van der Waals surface area contributed by atoms with E-state index in [0.29, 0.717) is 6.54 Å². The first kappa shape index (κ1) is 13.4. The van der Waals surface area contributed by atoms with Crippen molar-refractivity contribution in [3.05, 3.63) is 11.3 Å². The van der Waals surface area contributed by atoms with Crippen molar-refractivity contribution in [2.24, 2.45) is 24.6 Å². The highest BCUT2D eigenvalue weighted by atomic mass is 16.5. The third-order valence-corrected chi connectivity index (χ3v) is 3.89. The molecule has 102 valence electrons. The summed E-state index contributed by atoms with van der Waals surface area (Å²) >= 11 is 0. The lowest BCUT2D eigenvalue weighted by atomic mass is 10.1. The summed E-state index contributed by atoms with van der Waals surface area (Å²) in [4.78, 5) is 0. The Morgan fingerprint density at radius 2 is 2.28 bits per heavy atom. The van der Waals surface area contributed by atoms with Crippen LogP contribution in [0, 0.1) is 18.8 Å². The number of hydrogen-bond donors (Lipinski definition) is 2. The second kappa shape index (κ2) is 5.28. The molecule has 0 aliphatic heterocycles. The lowest BCUT2D eigenvalue weighted by molar-refractivity contribution is 0.362. The molecule has 3 unspecified atom stereocenters.